The van der Waals surface area contributed by atoms with E-state index in [9.17, 15) is 8.42 Å². The molecule has 0 spiro atoms. The molecule has 9 heteroatoms. The second-order valence-electron chi connectivity index (χ2n) is 4.79. The number of nitrogens with zero attached hydrogens (tertiary/aromatic N) is 3. The monoisotopic (exact) mass is 412 g/mol. The summed E-state index contributed by atoms with van der Waals surface area (Å²) in [7, 11) is -3.47. The van der Waals surface area contributed by atoms with E-state index in [0.29, 0.717) is 10.8 Å². The van der Waals surface area contributed by atoms with E-state index in [1.54, 1.807) is 23.1 Å². The highest BCUT2D eigenvalue weighted by atomic mass is 79.9. The first kappa shape index (κ1) is 16.3. The first-order chi connectivity index (χ1) is 11.0. The minimum Gasteiger partial charge on any atom is -0.249 e. The molecule has 2 heterocycles. The van der Waals surface area contributed by atoms with Crippen LogP contribution in [0.2, 0.25) is 0 Å². The van der Waals surface area contributed by atoms with Crippen LogP contribution in [0.1, 0.15) is 11.1 Å². The van der Waals surface area contributed by atoms with Crippen LogP contribution in [-0.2, 0) is 23.1 Å². The number of hydrogen-bond donors (Lipinski definition) is 1. The molecule has 3 aromatic rings. The van der Waals surface area contributed by atoms with E-state index >= 15 is 0 Å². The van der Waals surface area contributed by atoms with Gasteiger partial charge in [0.2, 0.25) is 10.0 Å². The number of benzene rings is 1. The van der Waals surface area contributed by atoms with Crippen LogP contribution < -0.4 is 4.72 Å². The summed E-state index contributed by atoms with van der Waals surface area (Å²) in [6.07, 6.45) is 3.15. The molecule has 120 valence electrons. The van der Waals surface area contributed by atoms with E-state index in [1.165, 1.54) is 17.7 Å². The maximum absolute atomic E-state index is 12.2. The molecular formula is C14H13BrN4O2S2. The van der Waals surface area contributed by atoms with Gasteiger partial charge < -0.3 is 0 Å². The van der Waals surface area contributed by atoms with Gasteiger partial charge in [-0.05, 0) is 39.2 Å². The van der Waals surface area contributed by atoms with Crippen molar-refractivity contribution in [3.63, 3.8) is 0 Å². The number of thiophene rings is 1. The van der Waals surface area contributed by atoms with E-state index in [0.717, 1.165) is 14.9 Å². The van der Waals surface area contributed by atoms with Crippen molar-refractivity contribution in [1.29, 1.82) is 0 Å². The lowest BCUT2D eigenvalue weighted by atomic mass is 10.1. The van der Waals surface area contributed by atoms with Crippen LogP contribution in [0.15, 0.2) is 57.0 Å². The third kappa shape index (κ3) is 4.25. The summed E-state index contributed by atoms with van der Waals surface area (Å²) in [6.45, 7) is 0.886. The molecule has 2 aromatic heterocycles. The molecule has 0 radical (unpaired) electrons. The summed E-state index contributed by atoms with van der Waals surface area (Å²) in [4.78, 5) is 3.90. The molecule has 1 N–H and O–H groups in total. The fraction of sp³-hybridized carbons (Fsp3) is 0.143. The largest absolute Gasteiger partial charge is 0.250 e. The Labute approximate surface area is 146 Å². The Kier molecular flexibility index (Phi) is 4.90. The third-order valence-electron chi connectivity index (χ3n) is 3.11. The van der Waals surface area contributed by atoms with Gasteiger partial charge in [-0.2, -0.15) is 5.10 Å². The second kappa shape index (κ2) is 6.91. The minimum atomic E-state index is -3.47. The zero-order valence-corrected chi connectivity index (χ0v) is 15.1. The maximum atomic E-state index is 12.2. The lowest BCUT2D eigenvalue weighted by molar-refractivity contribution is 0.583. The minimum absolute atomic E-state index is 0.251. The van der Waals surface area contributed by atoms with E-state index in [2.05, 4.69) is 30.7 Å². The van der Waals surface area contributed by atoms with Crippen molar-refractivity contribution in [2.45, 2.75) is 17.3 Å². The van der Waals surface area contributed by atoms with Crippen LogP contribution >= 0.6 is 27.3 Å². The molecule has 0 atom stereocenters. The zero-order chi connectivity index (χ0) is 16.3. The molecule has 3 rings (SSSR count). The Hall–Kier alpha value is -1.55. The lowest BCUT2D eigenvalue weighted by Crippen LogP contribution is -2.22. The van der Waals surface area contributed by atoms with Crippen molar-refractivity contribution in [3.8, 4) is 0 Å². The standard InChI is InChI=1S/C14H13BrN4O2S2/c15-13-5-6-14(22-13)23(20,21)18-7-11-1-3-12(4-2-11)8-19-10-16-9-17-19/h1-6,9-10,18H,7-8H2. The highest BCUT2D eigenvalue weighted by Crippen LogP contribution is 2.25. The molecule has 1 aromatic carbocycles. The fourth-order valence-electron chi connectivity index (χ4n) is 1.96. The van der Waals surface area contributed by atoms with Crippen molar-refractivity contribution < 1.29 is 8.42 Å². The fourth-order valence-corrected chi connectivity index (χ4v) is 5.03. The van der Waals surface area contributed by atoms with E-state index in [4.69, 9.17) is 0 Å². The molecule has 0 aliphatic heterocycles. The Morgan fingerprint density at radius 1 is 1.13 bits per heavy atom. The Balaban J connectivity index is 1.62. The van der Waals surface area contributed by atoms with Gasteiger partial charge in [-0.1, -0.05) is 24.3 Å². The molecule has 0 fully saturated rings. The molecular weight excluding hydrogens is 400 g/mol. The molecule has 6 nitrogen and oxygen atoms in total. The van der Waals surface area contributed by atoms with Crippen LogP contribution in [-0.4, -0.2) is 23.2 Å². The van der Waals surface area contributed by atoms with Gasteiger partial charge in [0.15, 0.2) is 0 Å². The molecule has 0 saturated heterocycles. The van der Waals surface area contributed by atoms with Crippen LogP contribution in [0.4, 0.5) is 0 Å². The van der Waals surface area contributed by atoms with Gasteiger partial charge in [-0.25, -0.2) is 22.8 Å². The Morgan fingerprint density at radius 2 is 1.87 bits per heavy atom. The van der Waals surface area contributed by atoms with Gasteiger partial charge >= 0.3 is 0 Å². The highest BCUT2D eigenvalue weighted by Gasteiger charge is 2.15. The first-order valence-electron chi connectivity index (χ1n) is 6.68. The van der Waals surface area contributed by atoms with E-state index in [-0.39, 0.29) is 6.54 Å². The van der Waals surface area contributed by atoms with Gasteiger partial charge in [0, 0.05) is 6.54 Å². The zero-order valence-electron chi connectivity index (χ0n) is 11.9. The van der Waals surface area contributed by atoms with Gasteiger partial charge in [0.1, 0.15) is 16.9 Å². The van der Waals surface area contributed by atoms with Crippen molar-refractivity contribution >= 4 is 37.3 Å². The molecule has 0 saturated carbocycles. The summed E-state index contributed by atoms with van der Waals surface area (Å²) in [6, 6.07) is 11.0. The number of aromatic nitrogens is 3. The van der Waals surface area contributed by atoms with Crippen molar-refractivity contribution in [2.24, 2.45) is 0 Å². The predicted octanol–water partition coefficient (Wildman–Crippen LogP) is 2.63. The summed E-state index contributed by atoms with van der Waals surface area (Å²) in [5.41, 5.74) is 1.97. The van der Waals surface area contributed by atoms with Gasteiger partial charge in [-0.15, -0.1) is 11.3 Å². The highest BCUT2D eigenvalue weighted by molar-refractivity contribution is 9.11. The summed E-state index contributed by atoms with van der Waals surface area (Å²) < 4.78 is 29.7. The molecule has 0 bridgehead atoms. The summed E-state index contributed by atoms with van der Waals surface area (Å²) in [5, 5.41) is 4.05. The normalized spacial score (nSPS) is 11.7. The average molecular weight is 413 g/mol. The number of hydrogen-bond acceptors (Lipinski definition) is 5. The molecule has 23 heavy (non-hydrogen) atoms. The topological polar surface area (TPSA) is 76.9 Å². The molecule has 0 unspecified atom stereocenters. The second-order valence-corrected chi connectivity index (χ2v) is 9.25. The van der Waals surface area contributed by atoms with Crippen LogP contribution in [0.25, 0.3) is 0 Å². The van der Waals surface area contributed by atoms with Crippen molar-refractivity contribution in [2.75, 3.05) is 0 Å². The number of sulfonamides is 1. The van der Waals surface area contributed by atoms with E-state index in [1.807, 2.05) is 24.3 Å². The van der Waals surface area contributed by atoms with Crippen LogP contribution in [0, 0.1) is 0 Å². The maximum Gasteiger partial charge on any atom is 0.250 e. The quantitative estimate of drug-likeness (QED) is 0.674. The summed E-state index contributed by atoms with van der Waals surface area (Å²) >= 11 is 4.45. The third-order valence-corrected chi connectivity index (χ3v) is 6.63. The summed E-state index contributed by atoms with van der Waals surface area (Å²) in [5.74, 6) is 0. The number of halogens is 1. The number of rotatable bonds is 6. The predicted molar refractivity (Wildman–Crippen MR) is 91.6 cm³/mol. The number of nitrogens with one attached hydrogen (secondary N) is 1. The lowest BCUT2D eigenvalue weighted by Gasteiger charge is -2.06. The van der Waals surface area contributed by atoms with Crippen molar-refractivity contribution in [3.05, 3.63) is 64.0 Å². The van der Waals surface area contributed by atoms with Crippen LogP contribution in [0.5, 0.6) is 0 Å². The molecule has 0 aliphatic carbocycles. The Bertz CT molecular complexity index is 874. The molecule has 0 amide bonds. The molecule has 0 aliphatic rings. The van der Waals surface area contributed by atoms with Gasteiger partial charge in [0.05, 0.1) is 10.3 Å². The Morgan fingerprint density at radius 3 is 2.48 bits per heavy atom. The SMILES string of the molecule is O=S(=O)(NCc1ccc(Cn2cncn2)cc1)c1ccc(Br)s1. The smallest absolute Gasteiger partial charge is 0.249 e. The van der Waals surface area contributed by atoms with E-state index < -0.39 is 10.0 Å². The van der Waals surface area contributed by atoms with Gasteiger partial charge in [-0.3, -0.25) is 0 Å². The van der Waals surface area contributed by atoms with Crippen LogP contribution in [0.3, 0.4) is 0 Å². The van der Waals surface area contributed by atoms with Gasteiger partial charge in [0.25, 0.3) is 0 Å². The average Bonchev–Trinajstić information content (AvgIpc) is 3.18. The van der Waals surface area contributed by atoms with Crippen molar-refractivity contribution in [1.82, 2.24) is 19.5 Å². The first-order valence-corrected chi connectivity index (χ1v) is 9.77.